The van der Waals surface area contributed by atoms with Gasteiger partial charge in [0.15, 0.2) is 5.82 Å². The summed E-state index contributed by atoms with van der Waals surface area (Å²) in [5.74, 6) is 0.684. The van der Waals surface area contributed by atoms with Gasteiger partial charge < -0.3 is 29.2 Å². The molecule has 15 nitrogen and oxygen atoms in total. The van der Waals surface area contributed by atoms with Crippen molar-refractivity contribution in [3.63, 3.8) is 0 Å². The van der Waals surface area contributed by atoms with Gasteiger partial charge in [-0.15, -0.1) is 0 Å². The Bertz CT molecular complexity index is 2720. The standard InChI is InChI=1S/C47H50F2N10O5/c1-28(60)55-13-8-38-37(27-55)45(52-59(38)32-9-19-64-20-10-32)56-12-2-3-29-22-35(36(44(48)49)25-40(29)56)30-23-41-50-11-14-57(41)43(24-30)54-17-15-53(16-18-54)33-4-5-34-31(21-33)26-58(47(34)63)39-6-7-42(61)51-46(39)62/h4-5,11,14,21-25,32,39,44H,2-3,6-10,12-13,15-20,26-27H2,1H3,(H,51,61,62). The highest BCUT2D eigenvalue weighted by molar-refractivity contribution is 6.05. The summed E-state index contributed by atoms with van der Waals surface area (Å²) in [6.45, 7) is 7.60. The molecule has 64 heavy (non-hydrogen) atoms. The van der Waals surface area contributed by atoms with Crippen LogP contribution < -0.4 is 20.0 Å². The van der Waals surface area contributed by atoms with E-state index in [0.29, 0.717) is 101 Å². The van der Waals surface area contributed by atoms with Crippen molar-refractivity contribution in [1.82, 2.24) is 34.3 Å². The summed E-state index contributed by atoms with van der Waals surface area (Å²) in [6, 6.07) is 12.8. The number of benzene rings is 2. The molecule has 3 saturated heterocycles. The Morgan fingerprint density at radius 1 is 0.859 bits per heavy atom. The SMILES string of the molecule is CC(=O)N1CCc2c(c(N3CCCc4cc(-c5cc(N6CCN(c7ccc8c(c7)CN(C7CCC(=O)NC7=O)C8=O)CC6)n6ccnc6c5)c(C(F)F)cc43)nn2C2CCOCC2)C1. The first-order valence-corrected chi connectivity index (χ1v) is 22.5. The summed E-state index contributed by atoms with van der Waals surface area (Å²) >= 11 is 0. The molecular weight excluding hydrogens is 823 g/mol. The average molecular weight is 873 g/mol. The predicted molar refractivity (Wildman–Crippen MR) is 234 cm³/mol. The highest BCUT2D eigenvalue weighted by Crippen LogP contribution is 2.44. The molecular formula is C47H50F2N10O5. The number of anilines is 4. The Morgan fingerprint density at radius 3 is 2.45 bits per heavy atom. The van der Waals surface area contributed by atoms with Crippen LogP contribution in [0.15, 0.2) is 54.9 Å². The van der Waals surface area contributed by atoms with Crippen molar-refractivity contribution in [3.8, 4) is 11.1 Å². The number of carbonyl (C=O) groups excluding carboxylic acids is 4. The van der Waals surface area contributed by atoms with Crippen molar-refractivity contribution >= 4 is 52.3 Å². The molecule has 1 atom stereocenters. The van der Waals surface area contributed by atoms with E-state index < -0.39 is 18.4 Å². The molecule has 3 fully saturated rings. The minimum Gasteiger partial charge on any atom is -0.381 e. The lowest BCUT2D eigenvalue weighted by Crippen LogP contribution is -2.52. The van der Waals surface area contributed by atoms with Gasteiger partial charge in [0.1, 0.15) is 17.5 Å². The van der Waals surface area contributed by atoms with Crippen LogP contribution in [0, 0.1) is 0 Å². The number of hydrogen-bond donors (Lipinski definition) is 1. The molecule has 0 saturated carbocycles. The van der Waals surface area contributed by atoms with Gasteiger partial charge in [-0.05, 0) is 96.8 Å². The fourth-order valence-electron chi connectivity index (χ4n) is 10.8. The summed E-state index contributed by atoms with van der Waals surface area (Å²) in [4.78, 5) is 65.0. The van der Waals surface area contributed by atoms with Crippen LogP contribution in [0.4, 0.5) is 31.8 Å². The summed E-state index contributed by atoms with van der Waals surface area (Å²) in [5.41, 5.74) is 8.03. The lowest BCUT2D eigenvalue weighted by molar-refractivity contribution is -0.137. The quantitative estimate of drug-likeness (QED) is 0.207. The minimum absolute atomic E-state index is 0.00851. The number of piperazine rings is 1. The van der Waals surface area contributed by atoms with Gasteiger partial charge in [-0.2, -0.15) is 5.10 Å². The second-order valence-corrected chi connectivity index (χ2v) is 17.8. The molecule has 0 aliphatic carbocycles. The first-order valence-electron chi connectivity index (χ1n) is 22.5. The van der Waals surface area contributed by atoms with Crippen molar-refractivity contribution in [1.29, 1.82) is 0 Å². The molecule has 9 heterocycles. The van der Waals surface area contributed by atoms with Crippen LogP contribution in [0.1, 0.15) is 89.8 Å². The first kappa shape index (κ1) is 40.4. The molecule has 17 heteroatoms. The zero-order chi connectivity index (χ0) is 43.8. The molecule has 4 amide bonds. The summed E-state index contributed by atoms with van der Waals surface area (Å²) in [6.07, 6.45) is 5.36. The van der Waals surface area contributed by atoms with E-state index in [1.807, 2.05) is 51.9 Å². The fraction of sp³-hybridized carbons (Fsp3) is 0.447. The number of carbonyl (C=O) groups is 4. The summed E-state index contributed by atoms with van der Waals surface area (Å²) in [5, 5.41) is 7.61. The Morgan fingerprint density at radius 2 is 1.67 bits per heavy atom. The predicted octanol–water partition coefficient (Wildman–Crippen LogP) is 5.56. The van der Waals surface area contributed by atoms with E-state index in [0.717, 1.165) is 71.1 Å². The van der Waals surface area contributed by atoms with Crippen molar-refractivity contribution < 1.29 is 32.7 Å². The van der Waals surface area contributed by atoms with Crippen LogP contribution in [0.25, 0.3) is 16.8 Å². The van der Waals surface area contributed by atoms with E-state index in [-0.39, 0.29) is 35.7 Å². The van der Waals surface area contributed by atoms with E-state index in [2.05, 4.69) is 29.7 Å². The molecule has 3 aromatic heterocycles. The topological polar surface area (TPSA) is 141 Å². The third-order valence-electron chi connectivity index (χ3n) is 14.2. The van der Waals surface area contributed by atoms with Crippen molar-refractivity contribution in [2.45, 2.75) is 83.5 Å². The molecule has 6 aliphatic rings. The molecule has 1 N–H and O–H groups in total. The molecule has 332 valence electrons. The minimum atomic E-state index is -2.74. The number of halogens is 2. The van der Waals surface area contributed by atoms with Crippen LogP contribution in [0.5, 0.6) is 0 Å². The number of piperidine rings is 1. The second kappa shape index (κ2) is 16.0. The number of ether oxygens (including phenoxy) is 1. The van der Waals surface area contributed by atoms with E-state index in [4.69, 9.17) is 9.84 Å². The van der Waals surface area contributed by atoms with Gasteiger partial charge in [-0.3, -0.25) is 33.6 Å². The monoisotopic (exact) mass is 872 g/mol. The average Bonchev–Trinajstić information content (AvgIpc) is 4.03. The molecule has 6 aliphatic heterocycles. The molecule has 0 spiro atoms. The van der Waals surface area contributed by atoms with E-state index in [9.17, 15) is 19.2 Å². The largest absolute Gasteiger partial charge is 0.381 e. The maximum absolute atomic E-state index is 15.5. The van der Waals surface area contributed by atoms with Gasteiger partial charge in [0.05, 0.1) is 12.6 Å². The van der Waals surface area contributed by atoms with Gasteiger partial charge in [-0.25, -0.2) is 13.8 Å². The third kappa shape index (κ3) is 6.95. The number of rotatable bonds is 7. The molecule has 0 radical (unpaired) electrons. The number of imidazole rings is 1. The van der Waals surface area contributed by atoms with Crippen LogP contribution in [0.3, 0.4) is 0 Å². The number of aromatic nitrogens is 4. The summed E-state index contributed by atoms with van der Waals surface area (Å²) < 4.78 is 40.7. The smallest absolute Gasteiger partial charge is 0.264 e. The number of imide groups is 1. The highest BCUT2D eigenvalue weighted by Gasteiger charge is 2.40. The second-order valence-electron chi connectivity index (χ2n) is 17.8. The number of nitrogens with zero attached hydrogens (tertiary/aromatic N) is 9. The van der Waals surface area contributed by atoms with Crippen LogP contribution >= 0.6 is 0 Å². The van der Waals surface area contributed by atoms with Gasteiger partial charge in [0, 0.05) is 125 Å². The van der Waals surface area contributed by atoms with Crippen LogP contribution in [0.2, 0.25) is 0 Å². The van der Waals surface area contributed by atoms with E-state index in [1.54, 1.807) is 24.1 Å². The van der Waals surface area contributed by atoms with Crippen molar-refractivity contribution in [2.75, 3.05) is 67.2 Å². The van der Waals surface area contributed by atoms with Crippen molar-refractivity contribution in [2.24, 2.45) is 0 Å². The number of hydrogen-bond acceptors (Lipinski definition) is 10. The van der Waals surface area contributed by atoms with Gasteiger partial charge in [-0.1, -0.05) is 0 Å². The van der Waals surface area contributed by atoms with Gasteiger partial charge >= 0.3 is 0 Å². The van der Waals surface area contributed by atoms with Gasteiger partial charge in [0.25, 0.3) is 12.3 Å². The third-order valence-corrected chi connectivity index (χ3v) is 14.2. The summed E-state index contributed by atoms with van der Waals surface area (Å²) in [7, 11) is 0. The molecule has 2 aromatic carbocycles. The number of alkyl halides is 2. The number of nitrogens with one attached hydrogen (secondary N) is 1. The van der Waals surface area contributed by atoms with E-state index >= 15 is 8.78 Å². The molecule has 1 unspecified atom stereocenters. The molecule has 11 rings (SSSR count). The number of aryl methyl sites for hydroxylation is 1. The Kier molecular flexibility index (Phi) is 10.1. The Balaban J connectivity index is 0.874. The van der Waals surface area contributed by atoms with Crippen LogP contribution in [-0.4, -0.2) is 111 Å². The maximum atomic E-state index is 15.5. The molecule has 5 aromatic rings. The zero-order valence-electron chi connectivity index (χ0n) is 35.8. The highest BCUT2D eigenvalue weighted by atomic mass is 19.3. The lowest BCUT2D eigenvalue weighted by Gasteiger charge is -2.38. The Hall–Kier alpha value is -6.36. The lowest BCUT2D eigenvalue weighted by atomic mass is 9.91. The number of amides is 4. The zero-order valence-corrected chi connectivity index (χ0v) is 35.8. The molecule has 0 bridgehead atoms. The first-order chi connectivity index (χ1) is 31.1. The van der Waals surface area contributed by atoms with Crippen LogP contribution in [-0.2, 0) is 45.1 Å². The Labute approximate surface area is 368 Å². The van der Waals surface area contributed by atoms with E-state index in [1.165, 1.54) is 0 Å². The number of fused-ring (bicyclic) bond motifs is 4. The van der Waals surface area contributed by atoms with Gasteiger partial charge in [0.2, 0.25) is 17.7 Å². The maximum Gasteiger partial charge on any atom is 0.264 e. The van der Waals surface area contributed by atoms with Crippen molar-refractivity contribution in [3.05, 3.63) is 88.4 Å². The normalized spacial score (nSPS) is 20.6. The number of pyridine rings is 1. The fourth-order valence-corrected chi connectivity index (χ4v) is 10.8.